The number of nitrogens with one attached hydrogen (secondary N) is 1. The van der Waals surface area contributed by atoms with Gasteiger partial charge in [0.25, 0.3) is 0 Å². The third-order valence-corrected chi connectivity index (χ3v) is 3.58. The van der Waals surface area contributed by atoms with Crippen LogP contribution in [0.1, 0.15) is 24.1 Å². The van der Waals surface area contributed by atoms with E-state index in [0.29, 0.717) is 23.7 Å². The second-order valence-corrected chi connectivity index (χ2v) is 5.47. The minimum atomic E-state index is -0.936. The third kappa shape index (κ3) is 5.49. The van der Waals surface area contributed by atoms with E-state index in [0.717, 1.165) is 5.56 Å². The van der Waals surface area contributed by atoms with Gasteiger partial charge < -0.3 is 10.4 Å². The van der Waals surface area contributed by atoms with Crippen LogP contribution in [0.3, 0.4) is 0 Å². The van der Waals surface area contributed by atoms with Crippen LogP contribution in [0.4, 0.5) is 5.13 Å². The van der Waals surface area contributed by atoms with Gasteiger partial charge in [0.05, 0.1) is 12.1 Å². The third-order valence-electron chi connectivity index (χ3n) is 2.78. The van der Waals surface area contributed by atoms with Gasteiger partial charge in [-0.05, 0) is 12.0 Å². The predicted octanol–water partition coefficient (Wildman–Crippen LogP) is 3.20. The average Bonchev–Trinajstić information content (AvgIpc) is 2.91. The van der Waals surface area contributed by atoms with Crippen molar-refractivity contribution in [2.75, 3.05) is 5.32 Å². The number of hydrogen-bond acceptors (Lipinski definition) is 4. The Labute approximate surface area is 132 Å². The number of anilines is 1. The van der Waals surface area contributed by atoms with E-state index in [2.05, 4.69) is 10.3 Å². The zero-order valence-corrected chi connectivity index (χ0v) is 12.7. The molecule has 0 aliphatic heterocycles. The molecule has 1 aromatic heterocycles. The van der Waals surface area contributed by atoms with E-state index < -0.39 is 5.97 Å². The molecule has 5 nitrogen and oxygen atoms in total. The Bertz CT molecular complexity index is 665. The molecular formula is C16H16N2O3S. The monoisotopic (exact) mass is 316 g/mol. The Morgan fingerprint density at radius 1 is 1.27 bits per heavy atom. The zero-order valence-electron chi connectivity index (χ0n) is 11.9. The number of aliphatic carboxylic acids is 1. The van der Waals surface area contributed by atoms with E-state index in [1.165, 1.54) is 11.3 Å². The van der Waals surface area contributed by atoms with Crippen molar-refractivity contribution in [3.63, 3.8) is 0 Å². The summed E-state index contributed by atoms with van der Waals surface area (Å²) in [5.74, 6) is -1.07. The van der Waals surface area contributed by atoms with E-state index in [4.69, 9.17) is 5.11 Å². The minimum absolute atomic E-state index is 0.131. The number of nitrogens with zero attached hydrogens (tertiary/aromatic N) is 1. The smallest absolute Gasteiger partial charge is 0.309 e. The quantitative estimate of drug-likeness (QED) is 0.822. The summed E-state index contributed by atoms with van der Waals surface area (Å²) in [4.78, 5) is 26.4. The first-order chi connectivity index (χ1) is 10.6. The molecule has 1 amide bonds. The van der Waals surface area contributed by atoms with Crippen molar-refractivity contribution in [3.05, 3.63) is 53.0 Å². The highest BCUT2D eigenvalue weighted by molar-refractivity contribution is 7.13. The maximum Gasteiger partial charge on any atom is 0.309 e. The predicted molar refractivity (Wildman–Crippen MR) is 86.8 cm³/mol. The van der Waals surface area contributed by atoms with Gasteiger partial charge in [-0.3, -0.25) is 9.59 Å². The summed E-state index contributed by atoms with van der Waals surface area (Å²) in [5, 5.41) is 13.4. The number of hydrogen-bond donors (Lipinski definition) is 2. The number of allylic oxidation sites excluding steroid dienone is 1. The number of rotatable bonds is 7. The summed E-state index contributed by atoms with van der Waals surface area (Å²) in [6, 6.07) is 9.87. The number of thiazole rings is 1. The van der Waals surface area contributed by atoms with Gasteiger partial charge in [-0.2, -0.15) is 0 Å². The maximum absolute atomic E-state index is 11.8. The lowest BCUT2D eigenvalue weighted by molar-refractivity contribution is -0.136. The molecule has 0 unspecified atom stereocenters. The number of amides is 1. The molecule has 2 aromatic rings. The van der Waals surface area contributed by atoms with Crippen molar-refractivity contribution in [3.8, 4) is 0 Å². The molecule has 1 aromatic carbocycles. The van der Waals surface area contributed by atoms with Crippen molar-refractivity contribution in [2.45, 2.75) is 19.3 Å². The Morgan fingerprint density at radius 2 is 2.05 bits per heavy atom. The Hall–Kier alpha value is -2.47. The fraction of sp³-hybridized carbons (Fsp3) is 0.188. The topological polar surface area (TPSA) is 79.3 Å². The van der Waals surface area contributed by atoms with E-state index >= 15 is 0 Å². The van der Waals surface area contributed by atoms with Crippen molar-refractivity contribution in [1.82, 2.24) is 4.98 Å². The van der Waals surface area contributed by atoms with Gasteiger partial charge in [-0.15, -0.1) is 11.3 Å². The van der Waals surface area contributed by atoms with Crippen molar-refractivity contribution in [2.24, 2.45) is 0 Å². The van der Waals surface area contributed by atoms with Gasteiger partial charge in [0.15, 0.2) is 5.13 Å². The second kappa shape index (κ2) is 8.09. The number of carbonyl (C=O) groups is 2. The Kier molecular flexibility index (Phi) is 5.85. The minimum Gasteiger partial charge on any atom is -0.481 e. The second-order valence-electron chi connectivity index (χ2n) is 4.61. The fourth-order valence-corrected chi connectivity index (χ4v) is 2.51. The molecule has 0 atom stereocenters. The van der Waals surface area contributed by atoms with Crippen LogP contribution in [0.15, 0.2) is 41.8 Å². The summed E-state index contributed by atoms with van der Waals surface area (Å²) in [6.45, 7) is 0. The number of carbonyl (C=O) groups excluding carboxylic acids is 1. The van der Waals surface area contributed by atoms with Crippen molar-refractivity contribution < 1.29 is 14.7 Å². The first kappa shape index (κ1) is 15.9. The SMILES string of the molecule is O=C(O)Cc1csc(NC(=O)CCC=Cc2ccccc2)n1. The molecule has 0 saturated carbocycles. The molecule has 2 N–H and O–H groups in total. The van der Waals surface area contributed by atoms with E-state index in [-0.39, 0.29) is 12.3 Å². The fourth-order valence-electron chi connectivity index (χ4n) is 1.78. The molecule has 0 fully saturated rings. The van der Waals surface area contributed by atoms with Crippen LogP contribution in [-0.4, -0.2) is 22.0 Å². The summed E-state index contributed by atoms with van der Waals surface area (Å²) < 4.78 is 0. The normalized spacial score (nSPS) is 10.7. The molecule has 114 valence electrons. The van der Waals surface area contributed by atoms with Crippen LogP contribution < -0.4 is 5.32 Å². The lowest BCUT2D eigenvalue weighted by Crippen LogP contribution is -2.10. The lowest BCUT2D eigenvalue weighted by Gasteiger charge is -1.99. The first-order valence-electron chi connectivity index (χ1n) is 6.81. The van der Waals surface area contributed by atoms with Gasteiger partial charge in [0, 0.05) is 11.8 Å². The summed E-state index contributed by atoms with van der Waals surface area (Å²) in [5.41, 5.74) is 1.55. The highest BCUT2D eigenvalue weighted by Crippen LogP contribution is 2.16. The first-order valence-corrected chi connectivity index (χ1v) is 7.69. The zero-order chi connectivity index (χ0) is 15.8. The molecule has 0 saturated heterocycles. The van der Waals surface area contributed by atoms with Crippen LogP contribution in [0, 0.1) is 0 Å². The molecule has 0 aliphatic carbocycles. The highest BCUT2D eigenvalue weighted by atomic mass is 32.1. The number of carboxylic acid groups (broad SMARTS) is 1. The molecule has 1 heterocycles. The molecule has 2 rings (SSSR count). The summed E-state index contributed by atoms with van der Waals surface area (Å²) in [6.07, 6.45) is 4.78. The number of carboxylic acids is 1. The van der Waals surface area contributed by atoms with Crippen LogP contribution in [0.5, 0.6) is 0 Å². The largest absolute Gasteiger partial charge is 0.481 e. The van der Waals surface area contributed by atoms with Crippen molar-refractivity contribution in [1.29, 1.82) is 0 Å². The summed E-state index contributed by atoms with van der Waals surface area (Å²) >= 11 is 1.23. The van der Waals surface area contributed by atoms with Crippen molar-refractivity contribution >= 4 is 34.4 Å². The maximum atomic E-state index is 11.8. The van der Waals surface area contributed by atoms with Gasteiger partial charge in [-0.25, -0.2) is 4.98 Å². The van der Waals surface area contributed by atoms with E-state index in [1.807, 2.05) is 42.5 Å². The standard InChI is InChI=1S/C16H16N2O3S/c19-14(9-5-4-8-12-6-2-1-3-7-12)18-16-17-13(11-22-16)10-15(20)21/h1-4,6-8,11H,5,9-10H2,(H,20,21)(H,17,18,19). The van der Waals surface area contributed by atoms with Gasteiger partial charge in [0.2, 0.25) is 5.91 Å². The molecule has 6 heteroatoms. The number of aromatic nitrogens is 1. The van der Waals surface area contributed by atoms with Gasteiger partial charge in [-0.1, -0.05) is 42.5 Å². The van der Waals surface area contributed by atoms with E-state index in [9.17, 15) is 9.59 Å². The molecular weight excluding hydrogens is 300 g/mol. The van der Waals surface area contributed by atoms with Gasteiger partial charge >= 0.3 is 5.97 Å². The van der Waals surface area contributed by atoms with Gasteiger partial charge in [0.1, 0.15) is 0 Å². The van der Waals surface area contributed by atoms with Crippen LogP contribution in [0.2, 0.25) is 0 Å². The molecule has 0 spiro atoms. The highest BCUT2D eigenvalue weighted by Gasteiger charge is 2.08. The van der Waals surface area contributed by atoms with Crippen LogP contribution in [-0.2, 0) is 16.0 Å². The Morgan fingerprint density at radius 3 is 2.77 bits per heavy atom. The molecule has 0 aliphatic rings. The average molecular weight is 316 g/mol. The number of benzene rings is 1. The molecule has 0 radical (unpaired) electrons. The molecule has 22 heavy (non-hydrogen) atoms. The Balaban J connectivity index is 1.75. The summed E-state index contributed by atoms with van der Waals surface area (Å²) in [7, 11) is 0. The van der Waals surface area contributed by atoms with Crippen LogP contribution in [0.25, 0.3) is 6.08 Å². The molecule has 0 bridgehead atoms. The van der Waals surface area contributed by atoms with Crippen LogP contribution >= 0.6 is 11.3 Å². The lowest BCUT2D eigenvalue weighted by atomic mass is 10.2. The van der Waals surface area contributed by atoms with E-state index in [1.54, 1.807) is 5.38 Å².